The van der Waals surface area contributed by atoms with E-state index in [9.17, 15) is 8.42 Å². The lowest BCUT2D eigenvalue weighted by Crippen LogP contribution is -2.37. The SMILES string of the molecule is O=S1(=O)CC(n2cnc3ccccc32)C1. The van der Waals surface area contributed by atoms with Crippen LogP contribution in [0.3, 0.4) is 0 Å². The zero-order chi connectivity index (χ0) is 10.5. The molecular weight excluding hydrogens is 212 g/mol. The van der Waals surface area contributed by atoms with E-state index in [1.807, 2.05) is 28.8 Å². The smallest absolute Gasteiger partial charge is 0.154 e. The molecule has 15 heavy (non-hydrogen) atoms. The molecular formula is C10H10N2O2S. The van der Waals surface area contributed by atoms with Crippen LogP contribution in [-0.4, -0.2) is 29.5 Å². The summed E-state index contributed by atoms with van der Waals surface area (Å²) in [7, 11) is -2.77. The highest BCUT2D eigenvalue weighted by Crippen LogP contribution is 2.27. The highest BCUT2D eigenvalue weighted by molar-refractivity contribution is 7.92. The summed E-state index contributed by atoms with van der Waals surface area (Å²) < 4.78 is 24.1. The van der Waals surface area contributed by atoms with Gasteiger partial charge in [-0.3, -0.25) is 0 Å². The maximum absolute atomic E-state index is 11.1. The van der Waals surface area contributed by atoms with Gasteiger partial charge >= 0.3 is 0 Å². The highest BCUT2D eigenvalue weighted by Gasteiger charge is 2.35. The maximum Gasteiger partial charge on any atom is 0.154 e. The second kappa shape index (κ2) is 2.82. The van der Waals surface area contributed by atoms with E-state index in [4.69, 9.17) is 0 Å². The number of hydrogen-bond donors (Lipinski definition) is 0. The first-order valence-corrected chi connectivity index (χ1v) is 6.60. The Hall–Kier alpha value is -1.36. The zero-order valence-electron chi connectivity index (χ0n) is 8.00. The van der Waals surface area contributed by atoms with Crippen molar-refractivity contribution in [3.8, 4) is 0 Å². The number of sulfone groups is 1. The lowest BCUT2D eigenvalue weighted by Gasteiger charge is -2.27. The molecule has 4 nitrogen and oxygen atoms in total. The van der Waals surface area contributed by atoms with E-state index in [2.05, 4.69) is 4.98 Å². The molecule has 1 saturated heterocycles. The third-order valence-corrected chi connectivity index (χ3v) is 4.55. The first-order valence-electron chi connectivity index (χ1n) is 4.78. The Morgan fingerprint density at radius 3 is 2.73 bits per heavy atom. The molecule has 0 N–H and O–H groups in total. The van der Waals surface area contributed by atoms with Gasteiger partial charge in [-0.25, -0.2) is 13.4 Å². The molecule has 5 heteroatoms. The predicted molar refractivity (Wildman–Crippen MR) is 57.4 cm³/mol. The summed E-state index contributed by atoms with van der Waals surface area (Å²) in [5, 5.41) is 0. The van der Waals surface area contributed by atoms with Crippen LogP contribution in [0.4, 0.5) is 0 Å². The molecule has 78 valence electrons. The van der Waals surface area contributed by atoms with Crippen molar-refractivity contribution in [1.29, 1.82) is 0 Å². The van der Waals surface area contributed by atoms with E-state index >= 15 is 0 Å². The summed E-state index contributed by atoms with van der Waals surface area (Å²) in [5.41, 5.74) is 1.93. The Labute approximate surface area is 87.5 Å². The molecule has 0 atom stereocenters. The monoisotopic (exact) mass is 222 g/mol. The minimum absolute atomic E-state index is 0.0717. The summed E-state index contributed by atoms with van der Waals surface area (Å²) >= 11 is 0. The average Bonchev–Trinajstić information content (AvgIpc) is 2.57. The van der Waals surface area contributed by atoms with Gasteiger partial charge in [0.25, 0.3) is 0 Å². The van der Waals surface area contributed by atoms with Crippen molar-refractivity contribution in [2.75, 3.05) is 11.5 Å². The van der Waals surface area contributed by atoms with Crippen LogP contribution in [0.5, 0.6) is 0 Å². The van der Waals surface area contributed by atoms with Crippen molar-refractivity contribution in [3.05, 3.63) is 30.6 Å². The van der Waals surface area contributed by atoms with Crippen molar-refractivity contribution >= 4 is 20.9 Å². The molecule has 0 spiro atoms. The fourth-order valence-electron chi connectivity index (χ4n) is 1.97. The molecule has 2 heterocycles. The van der Waals surface area contributed by atoms with E-state index in [0.717, 1.165) is 11.0 Å². The van der Waals surface area contributed by atoms with E-state index in [1.165, 1.54) is 0 Å². The van der Waals surface area contributed by atoms with Gasteiger partial charge < -0.3 is 4.57 Å². The minimum Gasteiger partial charge on any atom is -0.325 e. The Bertz CT molecular complexity index is 603. The Morgan fingerprint density at radius 1 is 1.27 bits per heavy atom. The Kier molecular flexibility index (Phi) is 1.68. The lowest BCUT2D eigenvalue weighted by atomic mass is 10.3. The van der Waals surface area contributed by atoms with Gasteiger partial charge in [0.15, 0.2) is 9.84 Å². The van der Waals surface area contributed by atoms with Crippen LogP contribution >= 0.6 is 0 Å². The largest absolute Gasteiger partial charge is 0.325 e. The van der Waals surface area contributed by atoms with Gasteiger partial charge in [-0.05, 0) is 12.1 Å². The van der Waals surface area contributed by atoms with E-state index in [-0.39, 0.29) is 17.5 Å². The number of rotatable bonds is 1. The maximum atomic E-state index is 11.1. The van der Waals surface area contributed by atoms with Crippen molar-refractivity contribution in [3.63, 3.8) is 0 Å². The molecule has 1 aliphatic rings. The van der Waals surface area contributed by atoms with Crippen molar-refractivity contribution in [2.24, 2.45) is 0 Å². The van der Waals surface area contributed by atoms with Crippen LogP contribution in [0.15, 0.2) is 30.6 Å². The van der Waals surface area contributed by atoms with Gasteiger partial charge in [0.2, 0.25) is 0 Å². The quantitative estimate of drug-likeness (QED) is 0.723. The van der Waals surface area contributed by atoms with Crippen molar-refractivity contribution in [2.45, 2.75) is 6.04 Å². The average molecular weight is 222 g/mol. The normalized spacial score (nSPS) is 20.3. The standard InChI is InChI=1S/C10H10N2O2S/c13-15(14)5-8(6-15)12-7-11-9-3-1-2-4-10(9)12/h1-4,7-8H,5-6H2. The number of fused-ring (bicyclic) bond motifs is 1. The fourth-order valence-corrected chi connectivity index (χ4v) is 3.36. The number of imidazole rings is 1. The number of hydrogen-bond acceptors (Lipinski definition) is 3. The van der Waals surface area contributed by atoms with Crippen LogP contribution in [0, 0.1) is 0 Å². The molecule has 1 fully saturated rings. The van der Waals surface area contributed by atoms with E-state index < -0.39 is 9.84 Å². The molecule has 1 aromatic heterocycles. The predicted octanol–water partition coefficient (Wildman–Crippen LogP) is 1.01. The van der Waals surface area contributed by atoms with Crippen LogP contribution in [-0.2, 0) is 9.84 Å². The zero-order valence-corrected chi connectivity index (χ0v) is 8.81. The lowest BCUT2D eigenvalue weighted by molar-refractivity contribution is 0.514. The first-order chi connectivity index (χ1) is 7.16. The summed E-state index contributed by atoms with van der Waals surface area (Å²) in [6.07, 6.45) is 1.73. The van der Waals surface area contributed by atoms with E-state index in [1.54, 1.807) is 6.33 Å². The van der Waals surface area contributed by atoms with Crippen LogP contribution in [0.2, 0.25) is 0 Å². The molecule has 0 aliphatic carbocycles. The number of nitrogens with zero attached hydrogens (tertiary/aromatic N) is 2. The van der Waals surface area contributed by atoms with Gasteiger partial charge in [0, 0.05) is 0 Å². The van der Waals surface area contributed by atoms with Crippen LogP contribution in [0.1, 0.15) is 6.04 Å². The molecule has 1 aliphatic heterocycles. The van der Waals surface area contributed by atoms with Crippen molar-refractivity contribution in [1.82, 2.24) is 9.55 Å². The molecule has 0 saturated carbocycles. The highest BCUT2D eigenvalue weighted by atomic mass is 32.2. The first kappa shape index (κ1) is 8.91. The van der Waals surface area contributed by atoms with Gasteiger partial charge in [-0.15, -0.1) is 0 Å². The number of aromatic nitrogens is 2. The number of para-hydroxylation sites is 2. The van der Waals surface area contributed by atoms with Gasteiger partial charge in [-0.2, -0.15) is 0 Å². The van der Waals surface area contributed by atoms with Crippen LogP contribution < -0.4 is 0 Å². The second-order valence-corrected chi connectivity index (χ2v) is 6.03. The van der Waals surface area contributed by atoms with Gasteiger partial charge in [0.05, 0.1) is 34.9 Å². The molecule has 0 radical (unpaired) electrons. The van der Waals surface area contributed by atoms with Crippen LogP contribution in [0.25, 0.3) is 11.0 Å². The molecule has 3 rings (SSSR count). The fraction of sp³-hybridized carbons (Fsp3) is 0.300. The minimum atomic E-state index is -2.77. The summed E-state index contributed by atoms with van der Waals surface area (Å²) in [4.78, 5) is 4.24. The second-order valence-electron chi connectivity index (χ2n) is 3.87. The third-order valence-electron chi connectivity index (χ3n) is 2.77. The number of benzene rings is 1. The molecule has 2 aromatic rings. The van der Waals surface area contributed by atoms with Gasteiger partial charge in [0.1, 0.15) is 0 Å². The van der Waals surface area contributed by atoms with Crippen molar-refractivity contribution < 1.29 is 8.42 Å². The summed E-state index contributed by atoms with van der Waals surface area (Å²) in [6, 6.07) is 7.83. The molecule has 0 bridgehead atoms. The topological polar surface area (TPSA) is 52.0 Å². The Balaban J connectivity index is 2.06. The molecule has 0 unspecified atom stereocenters. The summed E-state index contributed by atoms with van der Waals surface area (Å²) in [6.45, 7) is 0. The molecule has 1 aromatic carbocycles. The molecule has 0 amide bonds. The van der Waals surface area contributed by atoms with E-state index in [0.29, 0.717) is 0 Å². The Morgan fingerprint density at radius 2 is 2.00 bits per heavy atom. The third kappa shape index (κ3) is 1.34. The van der Waals surface area contributed by atoms with Gasteiger partial charge in [-0.1, -0.05) is 12.1 Å². The summed E-state index contributed by atoms with van der Waals surface area (Å²) in [5.74, 6) is 0.487.